The standard InChI is InChI=1S/C11H15FO2/c1-11(10(13)14-5-4-12)7-8-2-3-9(11)6-8/h2-3,8-9H,4-7H2,1H3. The van der Waals surface area contributed by atoms with Gasteiger partial charge in [0.1, 0.15) is 13.3 Å². The van der Waals surface area contributed by atoms with Gasteiger partial charge in [-0.1, -0.05) is 12.2 Å². The number of hydrogen-bond acceptors (Lipinski definition) is 2. The highest BCUT2D eigenvalue weighted by molar-refractivity contribution is 5.78. The van der Waals surface area contributed by atoms with Gasteiger partial charge in [-0.2, -0.15) is 0 Å². The SMILES string of the molecule is CC1(C(=O)OCCF)CC2C=CC1C2. The van der Waals surface area contributed by atoms with E-state index in [9.17, 15) is 9.18 Å². The third-order valence-electron chi connectivity index (χ3n) is 3.45. The first kappa shape index (κ1) is 9.69. The Hall–Kier alpha value is -0.860. The van der Waals surface area contributed by atoms with Gasteiger partial charge >= 0.3 is 5.97 Å². The van der Waals surface area contributed by atoms with Gasteiger partial charge in [-0.3, -0.25) is 4.79 Å². The Morgan fingerprint density at radius 2 is 2.43 bits per heavy atom. The predicted octanol–water partition coefficient (Wildman–Crippen LogP) is 2.10. The molecule has 0 aromatic carbocycles. The van der Waals surface area contributed by atoms with Crippen molar-refractivity contribution in [2.45, 2.75) is 19.8 Å². The largest absolute Gasteiger partial charge is 0.462 e. The third kappa shape index (κ3) is 1.35. The van der Waals surface area contributed by atoms with Crippen LogP contribution in [0.3, 0.4) is 0 Å². The molecule has 2 rings (SSSR count). The number of carbonyl (C=O) groups excluding carboxylic acids is 1. The fourth-order valence-corrected chi connectivity index (χ4v) is 2.63. The summed E-state index contributed by atoms with van der Waals surface area (Å²) >= 11 is 0. The molecule has 1 fully saturated rings. The second-order valence-electron chi connectivity index (χ2n) is 4.43. The van der Waals surface area contributed by atoms with Crippen molar-refractivity contribution in [1.29, 1.82) is 0 Å². The summed E-state index contributed by atoms with van der Waals surface area (Å²) in [7, 11) is 0. The second kappa shape index (κ2) is 3.37. The van der Waals surface area contributed by atoms with Gasteiger partial charge in [-0.15, -0.1) is 0 Å². The summed E-state index contributed by atoms with van der Waals surface area (Å²) in [5.74, 6) is 0.606. The number of carbonyl (C=O) groups is 1. The maximum absolute atomic E-state index is 11.9. The van der Waals surface area contributed by atoms with Crippen LogP contribution >= 0.6 is 0 Å². The average Bonchev–Trinajstić information content (AvgIpc) is 2.73. The predicted molar refractivity (Wildman–Crippen MR) is 50.4 cm³/mol. The zero-order chi connectivity index (χ0) is 10.2. The molecular formula is C11H15FO2. The van der Waals surface area contributed by atoms with E-state index in [4.69, 9.17) is 4.74 Å². The molecule has 1 saturated carbocycles. The zero-order valence-corrected chi connectivity index (χ0v) is 8.33. The summed E-state index contributed by atoms with van der Waals surface area (Å²) in [6.07, 6.45) is 6.19. The lowest BCUT2D eigenvalue weighted by atomic mass is 9.78. The summed E-state index contributed by atoms with van der Waals surface area (Å²) in [4.78, 5) is 11.7. The fourth-order valence-electron chi connectivity index (χ4n) is 2.63. The van der Waals surface area contributed by atoms with E-state index in [0.717, 1.165) is 12.8 Å². The van der Waals surface area contributed by atoms with Crippen LogP contribution in [-0.2, 0) is 9.53 Å². The molecule has 3 heteroatoms. The maximum Gasteiger partial charge on any atom is 0.312 e. The Kier molecular flexibility index (Phi) is 2.33. The molecule has 0 aromatic heterocycles. The van der Waals surface area contributed by atoms with Gasteiger partial charge in [0.25, 0.3) is 0 Å². The number of allylic oxidation sites excluding steroid dienone is 2. The third-order valence-corrected chi connectivity index (χ3v) is 3.45. The van der Waals surface area contributed by atoms with Crippen molar-refractivity contribution >= 4 is 5.97 Å². The molecule has 2 aliphatic rings. The van der Waals surface area contributed by atoms with Crippen LogP contribution in [0.1, 0.15) is 19.8 Å². The first-order valence-electron chi connectivity index (χ1n) is 5.08. The maximum atomic E-state index is 11.9. The molecule has 2 nitrogen and oxygen atoms in total. The summed E-state index contributed by atoms with van der Waals surface area (Å²) < 4.78 is 16.7. The smallest absolute Gasteiger partial charge is 0.312 e. The first-order chi connectivity index (χ1) is 6.66. The average molecular weight is 198 g/mol. The number of alkyl halides is 1. The van der Waals surface area contributed by atoms with Crippen molar-refractivity contribution in [1.82, 2.24) is 0 Å². The topological polar surface area (TPSA) is 26.3 Å². The summed E-state index contributed by atoms with van der Waals surface area (Å²) in [5, 5.41) is 0. The van der Waals surface area contributed by atoms with E-state index < -0.39 is 12.1 Å². The fraction of sp³-hybridized carbons (Fsp3) is 0.727. The Bertz CT molecular complexity index is 274. The van der Waals surface area contributed by atoms with Crippen LogP contribution in [0.15, 0.2) is 12.2 Å². The number of hydrogen-bond donors (Lipinski definition) is 0. The molecule has 0 saturated heterocycles. The molecule has 0 amide bonds. The van der Waals surface area contributed by atoms with Gasteiger partial charge in [0.15, 0.2) is 0 Å². The van der Waals surface area contributed by atoms with Crippen molar-refractivity contribution in [2.75, 3.05) is 13.3 Å². The normalized spacial score (nSPS) is 39.0. The highest BCUT2D eigenvalue weighted by Gasteiger charge is 2.50. The second-order valence-corrected chi connectivity index (χ2v) is 4.43. The van der Waals surface area contributed by atoms with Crippen molar-refractivity contribution in [3.05, 3.63) is 12.2 Å². The summed E-state index contributed by atoms with van der Waals surface area (Å²) in [5.41, 5.74) is -0.394. The molecule has 3 atom stereocenters. The van der Waals surface area contributed by atoms with Crippen LogP contribution in [0.4, 0.5) is 4.39 Å². The molecule has 3 unspecified atom stereocenters. The molecule has 0 aliphatic heterocycles. The molecule has 0 spiro atoms. The van der Waals surface area contributed by atoms with Gasteiger partial charge in [-0.25, -0.2) is 4.39 Å². The monoisotopic (exact) mass is 198 g/mol. The van der Waals surface area contributed by atoms with E-state index in [-0.39, 0.29) is 12.6 Å². The molecule has 14 heavy (non-hydrogen) atoms. The van der Waals surface area contributed by atoms with Gasteiger partial charge in [0, 0.05) is 0 Å². The minimum Gasteiger partial charge on any atom is -0.462 e. The van der Waals surface area contributed by atoms with Crippen LogP contribution in [0.2, 0.25) is 0 Å². The number of ether oxygens (including phenoxy) is 1. The summed E-state index contributed by atoms with van der Waals surface area (Å²) in [6.45, 7) is 1.24. The number of halogens is 1. The van der Waals surface area contributed by atoms with Crippen LogP contribution < -0.4 is 0 Å². The highest BCUT2D eigenvalue weighted by atomic mass is 19.1. The Morgan fingerprint density at radius 3 is 2.93 bits per heavy atom. The highest BCUT2D eigenvalue weighted by Crippen LogP contribution is 2.52. The molecule has 0 radical (unpaired) electrons. The van der Waals surface area contributed by atoms with E-state index in [2.05, 4.69) is 12.2 Å². The van der Waals surface area contributed by atoms with Gasteiger partial charge in [0.05, 0.1) is 5.41 Å². The van der Waals surface area contributed by atoms with Crippen LogP contribution in [0.5, 0.6) is 0 Å². The van der Waals surface area contributed by atoms with Crippen LogP contribution in [0.25, 0.3) is 0 Å². The van der Waals surface area contributed by atoms with E-state index in [0.29, 0.717) is 11.8 Å². The molecular weight excluding hydrogens is 183 g/mol. The Morgan fingerprint density at radius 1 is 1.64 bits per heavy atom. The van der Waals surface area contributed by atoms with Crippen molar-refractivity contribution in [3.8, 4) is 0 Å². The van der Waals surface area contributed by atoms with Crippen molar-refractivity contribution in [2.24, 2.45) is 17.3 Å². The summed E-state index contributed by atoms with van der Waals surface area (Å²) in [6, 6.07) is 0. The van der Waals surface area contributed by atoms with E-state index in [1.54, 1.807) is 0 Å². The Balaban J connectivity index is 2.03. The zero-order valence-electron chi connectivity index (χ0n) is 8.33. The van der Waals surface area contributed by atoms with Crippen LogP contribution in [0, 0.1) is 17.3 Å². The van der Waals surface area contributed by atoms with E-state index in [1.807, 2.05) is 6.92 Å². The molecule has 2 bridgehead atoms. The molecule has 0 N–H and O–H groups in total. The van der Waals surface area contributed by atoms with E-state index >= 15 is 0 Å². The quantitative estimate of drug-likeness (QED) is 0.512. The minimum absolute atomic E-state index is 0.102. The lowest BCUT2D eigenvalue weighted by Gasteiger charge is -2.28. The van der Waals surface area contributed by atoms with Gasteiger partial charge < -0.3 is 4.74 Å². The lowest BCUT2D eigenvalue weighted by molar-refractivity contribution is -0.156. The first-order valence-corrected chi connectivity index (χ1v) is 5.08. The molecule has 2 aliphatic carbocycles. The van der Waals surface area contributed by atoms with Gasteiger partial charge in [0.2, 0.25) is 0 Å². The van der Waals surface area contributed by atoms with Crippen molar-refractivity contribution < 1.29 is 13.9 Å². The lowest BCUT2D eigenvalue weighted by Crippen LogP contribution is -2.34. The number of fused-ring (bicyclic) bond motifs is 2. The minimum atomic E-state index is -0.592. The van der Waals surface area contributed by atoms with E-state index in [1.165, 1.54) is 0 Å². The number of esters is 1. The molecule has 0 aromatic rings. The van der Waals surface area contributed by atoms with Crippen LogP contribution in [-0.4, -0.2) is 19.3 Å². The number of rotatable bonds is 3. The van der Waals surface area contributed by atoms with Crippen molar-refractivity contribution in [3.63, 3.8) is 0 Å². The Labute approximate surface area is 83.1 Å². The van der Waals surface area contributed by atoms with Gasteiger partial charge in [-0.05, 0) is 31.6 Å². The molecule has 78 valence electrons. The molecule has 0 heterocycles.